The van der Waals surface area contributed by atoms with E-state index in [9.17, 15) is 0 Å². The van der Waals surface area contributed by atoms with Gasteiger partial charge in [-0.1, -0.05) is 30.4 Å². The Morgan fingerprint density at radius 2 is 1.83 bits per heavy atom. The molecule has 0 amide bonds. The molecule has 0 bridgehead atoms. The monoisotopic (exact) mass is 463 g/mol. The molecule has 1 saturated heterocycles. The van der Waals surface area contributed by atoms with Gasteiger partial charge in [-0.25, -0.2) is 4.98 Å². The van der Waals surface area contributed by atoms with Gasteiger partial charge in [-0.3, -0.25) is 9.98 Å². The number of anilines is 2. The Bertz CT molecular complexity index is 1520. The third-order valence-corrected chi connectivity index (χ3v) is 6.60. The minimum atomic E-state index is 0.244. The van der Waals surface area contributed by atoms with Gasteiger partial charge in [0.05, 0.1) is 51.1 Å². The zero-order valence-corrected chi connectivity index (χ0v) is 19.9. The predicted octanol–water partition coefficient (Wildman–Crippen LogP) is 3.86. The van der Waals surface area contributed by atoms with E-state index in [2.05, 4.69) is 82.5 Å². The summed E-state index contributed by atoms with van der Waals surface area (Å²) in [6.45, 7) is 3.57. The first-order valence-corrected chi connectivity index (χ1v) is 12.4. The van der Waals surface area contributed by atoms with Crippen LogP contribution in [0, 0.1) is 6.92 Å². The molecule has 35 heavy (non-hydrogen) atoms. The van der Waals surface area contributed by atoms with Crippen molar-refractivity contribution in [1.82, 2.24) is 14.5 Å². The van der Waals surface area contributed by atoms with Crippen molar-refractivity contribution in [2.45, 2.75) is 38.6 Å². The van der Waals surface area contributed by atoms with Gasteiger partial charge in [-0.15, -0.1) is 0 Å². The number of aryl methyl sites for hydroxylation is 1. The molecule has 1 aromatic heterocycles. The second-order valence-electron chi connectivity index (χ2n) is 9.25. The maximum absolute atomic E-state index is 5.58. The van der Waals surface area contributed by atoms with Gasteiger partial charge in [-0.2, -0.15) is 0 Å². The molecule has 2 aliphatic heterocycles. The zero-order chi connectivity index (χ0) is 23.6. The highest BCUT2D eigenvalue weighted by molar-refractivity contribution is 5.70. The van der Waals surface area contributed by atoms with E-state index in [0.29, 0.717) is 0 Å². The van der Waals surface area contributed by atoms with Gasteiger partial charge < -0.3 is 14.6 Å². The van der Waals surface area contributed by atoms with E-state index < -0.39 is 0 Å². The maximum Gasteiger partial charge on any atom is 0.0900 e. The molecule has 6 rings (SSSR count). The number of nitrogens with one attached hydrogen (secondary N) is 1. The summed E-state index contributed by atoms with van der Waals surface area (Å²) >= 11 is 0. The van der Waals surface area contributed by atoms with Gasteiger partial charge in [-0.05, 0) is 68.5 Å². The van der Waals surface area contributed by atoms with Crippen LogP contribution in [0.1, 0.15) is 31.2 Å². The normalized spacial score (nSPS) is 16.4. The molecule has 0 unspecified atom stereocenters. The van der Waals surface area contributed by atoms with E-state index in [1.165, 1.54) is 0 Å². The second-order valence-corrected chi connectivity index (χ2v) is 9.25. The highest BCUT2D eigenvalue weighted by atomic mass is 16.5. The summed E-state index contributed by atoms with van der Waals surface area (Å²) in [5.41, 5.74) is 6.12. The third kappa shape index (κ3) is 4.49. The fraction of sp³-hybridized carbons (Fsp3) is 0.276. The number of hydrogen-bond donors (Lipinski definition) is 1. The molecule has 6 nitrogen and oxygen atoms in total. The molecule has 1 aromatic carbocycles. The van der Waals surface area contributed by atoms with E-state index in [1.807, 2.05) is 12.4 Å². The Morgan fingerprint density at radius 3 is 2.66 bits per heavy atom. The first-order chi connectivity index (χ1) is 17.2. The van der Waals surface area contributed by atoms with E-state index in [-0.39, 0.29) is 6.04 Å². The SMILES string of the molecule is Cc1cncc(Nc2cc3nc4c(n(-c5ccccc5)c-3cc2=NC2CCOCC2)=CCCC=4)c1. The summed E-state index contributed by atoms with van der Waals surface area (Å²) in [5, 5.41) is 6.70. The number of pyridine rings is 1. The maximum atomic E-state index is 5.58. The van der Waals surface area contributed by atoms with Crippen molar-refractivity contribution in [2.75, 3.05) is 18.5 Å². The van der Waals surface area contributed by atoms with Crippen LogP contribution in [0.15, 0.2) is 65.9 Å². The second kappa shape index (κ2) is 9.47. The summed E-state index contributed by atoms with van der Waals surface area (Å²) < 4.78 is 7.91. The number of benzene rings is 2. The molecule has 2 aliphatic carbocycles. The minimum absolute atomic E-state index is 0.244. The van der Waals surface area contributed by atoms with Crippen molar-refractivity contribution in [1.29, 1.82) is 0 Å². The number of para-hydroxylation sites is 1. The van der Waals surface area contributed by atoms with Gasteiger partial charge in [0.1, 0.15) is 0 Å². The summed E-state index contributed by atoms with van der Waals surface area (Å²) in [7, 11) is 0. The van der Waals surface area contributed by atoms with Crippen LogP contribution >= 0.6 is 0 Å². The standard InChI is InChI=1S/C29H29N5O/c1-20-15-22(19-30-18-20)32-25-16-27-29(17-26(25)31-21-11-13-35-14-12-21)34(23-7-3-2-4-8-23)28-10-6-5-9-24(28)33-27/h2-4,7-10,15-19,21,32H,5-6,11-14H2,1H3. The molecule has 1 fully saturated rings. The molecule has 1 N–H and O–H groups in total. The average Bonchev–Trinajstić information content (AvgIpc) is 2.89. The lowest BCUT2D eigenvalue weighted by molar-refractivity contribution is 0.0864. The Balaban J connectivity index is 1.62. The number of ether oxygens (including phenoxy) is 1. The van der Waals surface area contributed by atoms with Gasteiger partial charge in [0, 0.05) is 25.1 Å². The molecular weight excluding hydrogens is 434 g/mol. The first-order valence-electron chi connectivity index (χ1n) is 12.4. The molecule has 3 heterocycles. The quantitative estimate of drug-likeness (QED) is 0.499. The molecule has 2 aromatic rings. The van der Waals surface area contributed by atoms with Gasteiger partial charge in [0.2, 0.25) is 0 Å². The fourth-order valence-electron chi connectivity index (χ4n) is 4.90. The average molecular weight is 464 g/mol. The van der Waals surface area contributed by atoms with Crippen LogP contribution in [0.2, 0.25) is 0 Å². The van der Waals surface area contributed by atoms with E-state index in [0.717, 1.165) is 89.0 Å². The van der Waals surface area contributed by atoms with Crippen LogP contribution in [0.3, 0.4) is 0 Å². The zero-order valence-electron chi connectivity index (χ0n) is 19.9. The summed E-state index contributed by atoms with van der Waals surface area (Å²) in [6.07, 6.45) is 12.2. The van der Waals surface area contributed by atoms with Gasteiger partial charge in [0.25, 0.3) is 0 Å². The summed E-state index contributed by atoms with van der Waals surface area (Å²) in [6, 6.07) is 17.2. The van der Waals surface area contributed by atoms with E-state index >= 15 is 0 Å². The molecule has 0 saturated carbocycles. The number of nitrogens with zero attached hydrogens (tertiary/aromatic N) is 4. The Morgan fingerprint density at radius 1 is 1.00 bits per heavy atom. The topological polar surface area (TPSA) is 64.3 Å². The smallest absolute Gasteiger partial charge is 0.0900 e. The van der Waals surface area contributed by atoms with Crippen LogP contribution in [-0.2, 0) is 4.74 Å². The number of aromatic nitrogens is 3. The third-order valence-electron chi connectivity index (χ3n) is 6.60. The lowest BCUT2D eigenvalue weighted by atomic mass is 10.1. The van der Waals surface area contributed by atoms with Crippen molar-refractivity contribution in [3.8, 4) is 17.1 Å². The molecule has 0 radical (unpaired) electrons. The van der Waals surface area contributed by atoms with Crippen LogP contribution in [0.25, 0.3) is 29.2 Å². The lowest BCUT2D eigenvalue weighted by Gasteiger charge is -2.21. The van der Waals surface area contributed by atoms with Gasteiger partial charge in [0.15, 0.2) is 0 Å². The van der Waals surface area contributed by atoms with Crippen molar-refractivity contribution in [3.05, 3.63) is 82.5 Å². The minimum Gasteiger partial charge on any atom is -0.381 e. The van der Waals surface area contributed by atoms with Crippen molar-refractivity contribution in [3.63, 3.8) is 0 Å². The number of fused-ring (bicyclic) bond motifs is 2. The number of hydrogen-bond acceptors (Lipinski definition) is 5. The van der Waals surface area contributed by atoms with Crippen LogP contribution in [0.4, 0.5) is 11.4 Å². The summed E-state index contributed by atoms with van der Waals surface area (Å²) in [5.74, 6) is 0. The highest BCUT2D eigenvalue weighted by Gasteiger charge is 2.18. The lowest BCUT2D eigenvalue weighted by Crippen LogP contribution is -2.40. The number of rotatable bonds is 4. The summed E-state index contributed by atoms with van der Waals surface area (Å²) in [4.78, 5) is 14.7. The largest absolute Gasteiger partial charge is 0.381 e. The van der Waals surface area contributed by atoms with E-state index in [1.54, 1.807) is 0 Å². The predicted molar refractivity (Wildman–Crippen MR) is 139 cm³/mol. The Labute approximate surface area is 204 Å². The molecule has 0 spiro atoms. The first kappa shape index (κ1) is 21.7. The molecule has 6 heteroatoms. The van der Waals surface area contributed by atoms with Crippen molar-refractivity contribution < 1.29 is 4.74 Å². The molecule has 0 atom stereocenters. The van der Waals surface area contributed by atoms with Crippen molar-refractivity contribution in [2.24, 2.45) is 4.99 Å². The van der Waals surface area contributed by atoms with Gasteiger partial charge >= 0.3 is 0 Å². The highest BCUT2D eigenvalue weighted by Crippen LogP contribution is 2.24. The molecule has 176 valence electrons. The van der Waals surface area contributed by atoms with Crippen LogP contribution < -0.4 is 21.4 Å². The van der Waals surface area contributed by atoms with Crippen LogP contribution in [-0.4, -0.2) is 33.8 Å². The fourth-order valence-corrected chi connectivity index (χ4v) is 4.90. The van der Waals surface area contributed by atoms with Crippen molar-refractivity contribution >= 4 is 23.5 Å². The van der Waals surface area contributed by atoms with Crippen LogP contribution in [0.5, 0.6) is 0 Å². The Kier molecular flexibility index (Phi) is 5.88. The van der Waals surface area contributed by atoms with E-state index in [4.69, 9.17) is 14.7 Å². The molecule has 4 aliphatic rings. The Hall–Kier alpha value is -3.77. The molecular formula is C29H29N5O.